The first-order valence-electron chi connectivity index (χ1n) is 7.15. The highest BCUT2D eigenvalue weighted by molar-refractivity contribution is 5.54. The van der Waals surface area contributed by atoms with Crippen molar-refractivity contribution in [1.82, 2.24) is 9.78 Å². The molecule has 2 heterocycles. The molecule has 1 aliphatic heterocycles. The van der Waals surface area contributed by atoms with E-state index in [9.17, 15) is 0 Å². The van der Waals surface area contributed by atoms with Crippen molar-refractivity contribution >= 4 is 5.69 Å². The molecule has 0 aliphatic carbocycles. The summed E-state index contributed by atoms with van der Waals surface area (Å²) in [6, 6.07) is 11.1. The van der Waals surface area contributed by atoms with Gasteiger partial charge in [0.05, 0.1) is 11.7 Å². The molecule has 0 saturated heterocycles. The first kappa shape index (κ1) is 12.3. The predicted octanol–water partition coefficient (Wildman–Crippen LogP) is 3.64. The molecule has 0 bridgehead atoms. The van der Waals surface area contributed by atoms with E-state index in [0.717, 1.165) is 19.4 Å². The normalized spacial score (nSPS) is 21.8. The van der Waals surface area contributed by atoms with Crippen LogP contribution >= 0.6 is 0 Å². The summed E-state index contributed by atoms with van der Waals surface area (Å²) in [5.74, 6) is 0.585. The van der Waals surface area contributed by atoms with Crippen molar-refractivity contribution in [3.05, 3.63) is 47.8 Å². The molecule has 100 valence electrons. The van der Waals surface area contributed by atoms with E-state index in [1.54, 1.807) is 0 Å². The number of aryl methyl sites for hydroxylation is 1. The summed E-state index contributed by atoms with van der Waals surface area (Å²) in [7, 11) is 0. The average molecular weight is 255 g/mol. The molecule has 1 aliphatic rings. The Morgan fingerprint density at radius 2 is 2.16 bits per heavy atom. The topological polar surface area (TPSA) is 29.9 Å². The molecule has 0 radical (unpaired) electrons. The maximum Gasteiger partial charge on any atom is 0.0710 e. The van der Waals surface area contributed by atoms with Crippen LogP contribution in [0, 0.1) is 5.92 Å². The summed E-state index contributed by atoms with van der Waals surface area (Å²) in [5.41, 5.74) is 4.01. The average Bonchev–Trinajstić information content (AvgIpc) is 2.86. The van der Waals surface area contributed by atoms with Crippen LogP contribution in [-0.4, -0.2) is 9.78 Å². The Kier molecular flexibility index (Phi) is 3.28. The van der Waals surface area contributed by atoms with Crippen LogP contribution in [0.1, 0.15) is 37.6 Å². The lowest BCUT2D eigenvalue weighted by atomic mass is 9.87. The zero-order chi connectivity index (χ0) is 13.2. The number of para-hydroxylation sites is 1. The van der Waals surface area contributed by atoms with Crippen molar-refractivity contribution in [2.75, 3.05) is 5.32 Å². The highest BCUT2D eigenvalue weighted by Crippen LogP contribution is 2.36. The third kappa shape index (κ3) is 2.25. The molecule has 0 amide bonds. The maximum absolute atomic E-state index is 4.45. The van der Waals surface area contributed by atoms with Gasteiger partial charge < -0.3 is 5.32 Å². The number of hydrogen-bond acceptors (Lipinski definition) is 2. The summed E-state index contributed by atoms with van der Waals surface area (Å²) < 4.78 is 2.14. The minimum atomic E-state index is 0.365. The summed E-state index contributed by atoms with van der Waals surface area (Å²) in [5, 5.41) is 8.14. The molecule has 3 heteroatoms. The fraction of sp³-hybridized carbons (Fsp3) is 0.438. The number of hydrogen-bond donors (Lipinski definition) is 1. The van der Waals surface area contributed by atoms with Gasteiger partial charge in [0.15, 0.2) is 0 Å². The molecule has 19 heavy (non-hydrogen) atoms. The first-order valence-corrected chi connectivity index (χ1v) is 7.15. The highest BCUT2D eigenvalue weighted by Gasteiger charge is 2.27. The molecule has 2 atom stereocenters. The second kappa shape index (κ2) is 5.08. The third-order valence-electron chi connectivity index (χ3n) is 3.94. The second-order valence-corrected chi connectivity index (χ2v) is 5.44. The van der Waals surface area contributed by atoms with Gasteiger partial charge in [0.2, 0.25) is 0 Å². The van der Waals surface area contributed by atoms with Crippen LogP contribution in [0.2, 0.25) is 0 Å². The largest absolute Gasteiger partial charge is 0.376 e. The number of aromatic nitrogens is 2. The van der Waals surface area contributed by atoms with Gasteiger partial charge in [-0.15, -0.1) is 0 Å². The van der Waals surface area contributed by atoms with E-state index < -0.39 is 0 Å². The molecule has 1 aromatic carbocycles. The monoisotopic (exact) mass is 255 g/mol. The van der Waals surface area contributed by atoms with Crippen molar-refractivity contribution in [2.24, 2.45) is 5.92 Å². The Hall–Kier alpha value is -1.77. The zero-order valence-electron chi connectivity index (χ0n) is 11.6. The molecule has 3 nitrogen and oxygen atoms in total. The molecule has 0 spiro atoms. The Balaban J connectivity index is 1.91. The van der Waals surface area contributed by atoms with Crippen LogP contribution in [0.25, 0.3) is 0 Å². The quantitative estimate of drug-likeness (QED) is 0.907. The minimum absolute atomic E-state index is 0.365. The lowest BCUT2D eigenvalue weighted by Gasteiger charge is -2.33. The van der Waals surface area contributed by atoms with Gasteiger partial charge in [-0.2, -0.15) is 5.10 Å². The molecule has 0 fully saturated rings. The third-order valence-corrected chi connectivity index (χ3v) is 3.94. The van der Waals surface area contributed by atoms with Gasteiger partial charge in [-0.1, -0.05) is 32.0 Å². The fourth-order valence-electron chi connectivity index (χ4n) is 2.98. The SMILES string of the molecule is CCCn1nccc1C1Nc2ccccc2CC1C. The molecule has 1 aromatic heterocycles. The Morgan fingerprint density at radius 3 is 3.00 bits per heavy atom. The van der Waals surface area contributed by atoms with Gasteiger partial charge in [0, 0.05) is 18.4 Å². The second-order valence-electron chi connectivity index (χ2n) is 5.44. The number of anilines is 1. The lowest BCUT2D eigenvalue weighted by molar-refractivity contribution is 0.439. The Morgan fingerprint density at radius 1 is 1.32 bits per heavy atom. The maximum atomic E-state index is 4.45. The van der Waals surface area contributed by atoms with E-state index in [4.69, 9.17) is 0 Å². The molecule has 2 unspecified atom stereocenters. The summed E-state index contributed by atoms with van der Waals surface area (Å²) in [6.45, 7) is 5.50. The molecular formula is C16H21N3. The number of rotatable bonds is 3. The minimum Gasteiger partial charge on any atom is -0.376 e. The van der Waals surface area contributed by atoms with E-state index in [-0.39, 0.29) is 0 Å². The van der Waals surface area contributed by atoms with Crippen LogP contribution in [0.5, 0.6) is 0 Å². The number of nitrogens with zero attached hydrogens (tertiary/aromatic N) is 2. The van der Waals surface area contributed by atoms with Crippen LogP contribution in [0.3, 0.4) is 0 Å². The molecule has 1 N–H and O–H groups in total. The van der Waals surface area contributed by atoms with Gasteiger partial charge in [-0.05, 0) is 36.5 Å². The fourth-order valence-corrected chi connectivity index (χ4v) is 2.98. The van der Waals surface area contributed by atoms with Crippen molar-refractivity contribution in [3.8, 4) is 0 Å². The molecule has 0 saturated carbocycles. The van der Waals surface area contributed by atoms with Crippen LogP contribution in [-0.2, 0) is 13.0 Å². The zero-order valence-corrected chi connectivity index (χ0v) is 11.6. The first-order chi connectivity index (χ1) is 9.29. The number of nitrogens with one attached hydrogen (secondary N) is 1. The van der Waals surface area contributed by atoms with Crippen molar-refractivity contribution in [2.45, 2.75) is 39.3 Å². The van der Waals surface area contributed by atoms with Gasteiger partial charge in [0.1, 0.15) is 0 Å². The van der Waals surface area contributed by atoms with Gasteiger partial charge in [-0.25, -0.2) is 0 Å². The highest BCUT2D eigenvalue weighted by atomic mass is 15.3. The lowest BCUT2D eigenvalue weighted by Crippen LogP contribution is -2.28. The van der Waals surface area contributed by atoms with E-state index >= 15 is 0 Å². The van der Waals surface area contributed by atoms with E-state index in [0.29, 0.717) is 12.0 Å². The number of fused-ring (bicyclic) bond motifs is 1. The summed E-state index contributed by atoms with van der Waals surface area (Å²) in [6.07, 6.45) is 4.16. The van der Waals surface area contributed by atoms with Crippen molar-refractivity contribution in [1.29, 1.82) is 0 Å². The standard InChI is InChI=1S/C16H21N3/c1-3-10-19-15(8-9-17-19)16-12(2)11-13-6-4-5-7-14(13)18-16/h4-9,12,16,18H,3,10-11H2,1-2H3. The van der Waals surface area contributed by atoms with Gasteiger partial charge >= 0.3 is 0 Å². The van der Waals surface area contributed by atoms with E-state index in [2.05, 4.69) is 59.3 Å². The molecule has 3 rings (SSSR count). The smallest absolute Gasteiger partial charge is 0.0710 e. The summed E-state index contributed by atoms with van der Waals surface area (Å²) >= 11 is 0. The summed E-state index contributed by atoms with van der Waals surface area (Å²) in [4.78, 5) is 0. The van der Waals surface area contributed by atoms with E-state index in [1.807, 2.05) is 6.20 Å². The Labute approximate surface area is 114 Å². The Bertz CT molecular complexity index is 559. The predicted molar refractivity (Wildman–Crippen MR) is 78.2 cm³/mol. The molecular weight excluding hydrogens is 234 g/mol. The number of benzene rings is 1. The molecule has 2 aromatic rings. The van der Waals surface area contributed by atoms with Gasteiger partial charge in [-0.3, -0.25) is 4.68 Å². The van der Waals surface area contributed by atoms with Crippen molar-refractivity contribution in [3.63, 3.8) is 0 Å². The van der Waals surface area contributed by atoms with Gasteiger partial charge in [0.25, 0.3) is 0 Å². The van der Waals surface area contributed by atoms with Crippen molar-refractivity contribution < 1.29 is 0 Å². The van der Waals surface area contributed by atoms with Crippen LogP contribution < -0.4 is 5.32 Å². The van der Waals surface area contributed by atoms with E-state index in [1.165, 1.54) is 16.9 Å². The van der Waals surface area contributed by atoms with Crippen LogP contribution in [0.15, 0.2) is 36.5 Å². The van der Waals surface area contributed by atoms with Crippen LogP contribution in [0.4, 0.5) is 5.69 Å².